The molecular formula is C2H16Si5. The van der Waals surface area contributed by atoms with Gasteiger partial charge in [0.1, 0.15) is 0 Å². The lowest BCUT2D eigenvalue weighted by atomic mass is 11.0. The Labute approximate surface area is 57.7 Å². The van der Waals surface area contributed by atoms with Gasteiger partial charge < -0.3 is 0 Å². The van der Waals surface area contributed by atoms with Crippen LogP contribution in [-0.4, -0.2) is 44.5 Å². The second-order valence-corrected chi connectivity index (χ2v) is 45.0. The van der Waals surface area contributed by atoms with Crippen molar-refractivity contribution in [2.24, 2.45) is 0 Å². The van der Waals surface area contributed by atoms with E-state index in [-0.39, 0.29) is 0 Å². The highest BCUT2D eigenvalue weighted by atomic mass is 29.9. The first kappa shape index (κ1) is 8.08. The summed E-state index contributed by atoms with van der Waals surface area (Å²) in [6.07, 6.45) is 0. The fourth-order valence-electron chi connectivity index (χ4n) is 0.697. The molecule has 7 heavy (non-hydrogen) atoms. The predicted molar refractivity (Wildman–Crippen MR) is 54.6 cm³/mol. The van der Waals surface area contributed by atoms with Crippen LogP contribution in [0.25, 0.3) is 0 Å². The van der Waals surface area contributed by atoms with Crippen molar-refractivity contribution in [1.82, 2.24) is 0 Å². The van der Waals surface area contributed by atoms with Crippen molar-refractivity contribution in [2.45, 2.75) is 13.0 Å². The smallest absolute Gasteiger partial charge is 0.00475 e. The standard InChI is InChI=1S/C2H16Si5/c1-2-5-7(4)6-3/h7H,2,5-6H2,1,3-4H3. The molecule has 1 atom stereocenters. The summed E-state index contributed by atoms with van der Waals surface area (Å²) in [6.45, 7) is 2.40. The molecular weight excluding hydrogens is 164 g/mol. The first-order chi connectivity index (χ1) is 3.31. The second-order valence-electron chi connectivity index (χ2n) is 2.30. The monoisotopic (exact) mass is 180 g/mol. The average Bonchev–Trinajstić information content (AvgIpc) is 1.68. The Morgan fingerprint density at radius 2 is 2.29 bits per heavy atom. The van der Waals surface area contributed by atoms with E-state index >= 15 is 0 Å². The van der Waals surface area contributed by atoms with E-state index in [9.17, 15) is 0 Å². The van der Waals surface area contributed by atoms with Crippen LogP contribution in [0.1, 0.15) is 6.92 Å². The summed E-state index contributed by atoms with van der Waals surface area (Å²) in [4.78, 5) is 0. The largest absolute Gasteiger partial charge is 0.0685 e. The minimum atomic E-state index is 0.297. The minimum absolute atomic E-state index is 0.297. The molecule has 0 aromatic carbocycles. The van der Waals surface area contributed by atoms with Crippen LogP contribution in [-0.2, 0) is 0 Å². The first-order valence-electron chi connectivity index (χ1n) is 3.31. The Kier molecular flexibility index (Phi) is 6.04. The summed E-state index contributed by atoms with van der Waals surface area (Å²) >= 11 is 0. The van der Waals surface area contributed by atoms with Gasteiger partial charge in [-0.05, 0) is 35.4 Å². The van der Waals surface area contributed by atoms with Gasteiger partial charge in [0.2, 0.25) is 0 Å². The third-order valence-corrected chi connectivity index (χ3v) is 72.4. The third kappa shape index (κ3) is 4.95. The van der Waals surface area contributed by atoms with Crippen LogP contribution >= 0.6 is 0 Å². The summed E-state index contributed by atoms with van der Waals surface area (Å²) in [7, 11) is 5.02. The zero-order valence-corrected chi connectivity index (χ0v) is 13.7. The fraction of sp³-hybridized carbons (Fsp3) is 1.00. The highest BCUT2D eigenvalue weighted by Crippen LogP contribution is 1.73. The van der Waals surface area contributed by atoms with E-state index in [4.69, 9.17) is 0 Å². The fourth-order valence-corrected chi connectivity index (χ4v) is 29.8. The van der Waals surface area contributed by atoms with Crippen LogP contribution in [0, 0.1) is 0 Å². The number of rotatable bonds is 3. The van der Waals surface area contributed by atoms with Crippen molar-refractivity contribution < 1.29 is 0 Å². The lowest BCUT2D eigenvalue weighted by molar-refractivity contribution is 1.47. The van der Waals surface area contributed by atoms with E-state index in [2.05, 4.69) is 6.92 Å². The average molecular weight is 181 g/mol. The predicted octanol–water partition coefficient (Wildman–Crippen LogP) is -3.87. The molecule has 0 saturated heterocycles. The quantitative estimate of drug-likeness (QED) is 0.390. The van der Waals surface area contributed by atoms with Crippen LogP contribution in [0.3, 0.4) is 0 Å². The zero-order chi connectivity index (χ0) is 5.70. The molecule has 0 saturated carbocycles. The van der Waals surface area contributed by atoms with Crippen LogP contribution < -0.4 is 0 Å². The van der Waals surface area contributed by atoms with Gasteiger partial charge in [0.25, 0.3) is 0 Å². The molecule has 0 aliphatic carbocycles. The van der Waals surface area contributed by atoms with Crippen molar-refractivity contribution in [2.75, 3.05) is 0 Å². The molecule has 0 bridgehead atoms. The van der Waals surface area contributed by atoms with Crippen molar-refractivity contribution >= 4 is 44.5 Å². The number of hydrogen-bond donors (Lipinski definition) is 0. The number of hydrogen-bond acceptors (Lipinski definition) is 0. The van der Waals surface area contributed by atoms with E-state index in [1.807, 2.05) is 0 Å². The molecule has 0 heterocycles. The molecule has 0 aromatic rings. The van der Waals surface area contributed by atoms with Gasteiger partial charge in [-0.15, -0.1) is 0 Å². The second kappa shape index (κ2) is 5.23. The summed E-state index contributed by atoms with van der Waals surface area (Å²) in [5, 5.41) is 0. The van der Waals surface area contributed by atoms with Gasteiger partial charge in [-0.1, -0.05) is 13.0 Å². The highest BCUT2D eigenvalue weighted by molar-refractivity contribution is 7.63. The molecule has 0 spiro atoms. The molecule has 0 aliphatic heterocycles. The van der Waals surface area contributed by atoms with Crippen molar-refractivity contribution in [3.05, 3.63) is 0 Å². The Bertz CT molecular complexity index is 37.1. The van der Waals surface area contributed by atoms with Crippen LogP contribution in [0.2, 0.25) is 6.04 Å². The molecule has 0 fully saturated rings. The van der Waals surface area contributed by atoms with Crippen LogP contribution in [0.4, 0.5) is 0 Å². The van der Waals surface area contributed by atoms with E-state index < -0.39 is 0 Å². The van der Waals surface area contributed by atoms with Crippen molar-refractivity contribution in [3.63, 3.8) is 0 Å². The molecule has 5 heteroatoms. The Balaban J connectivity index is 2.83. The van der Waals surface area contributed by atoms with E-state index in [1.165, 1.54) is 0 Å². The maximum atomic E-state index is 2.40. The Morgan fingerprint density at radius 1 is 1.71 bits per heavy atom. The molecule has 0 aromatic heterocycles. The van der Waals surface area contributed by atoms with Gasteiger partial charge in [-0.3, -0.25) is 0 Å². The minimum Gasteiger partial charge on any atom is -0.0685 e. The van der Waals surface area contributed by atoms with Gasteiger partial charge in [0.05, 0.1) is 0 Å². The molecule has 0 amide bonds. The molecule has 44 valence electrons. The van der Waals surface area contributed by atoms with E-state index in [1.54, 1.807) is 25.6 Å². The SMILES string of the molecule is CC[SiH2][SiH]([SiH3])[SiH2][SiH3]. The van der Waals surface area contributed by atoms with Crippen molar-refractivity contribution in [3.8, 4) is 0 Å². The zero-order valence-electron chi connectivity index (χ0n) is 5.70. The van der Waals surface area contributed by atoms with Crippen LogP contribution in [0.5, 0.6) is 0 Å². The van der Waals surface area contributed by atoms with Crippen LogP contribution in [0.15, 0.2) is 0 Å². The summed E-state index contributed by atoms with van der Waals surface area (Å²) in [6, 6.07) is 1.63. The molecule has 0 N–H and O–H groups in total. The normalized spacial score (nSPS) is 18.4. The highest BCUT2D eigenvalue weighted by Gasteiger charge is 1.96. The maximum Gasteiger partial charge on any atom is 0.00475 e. The summed E-state index contributed by atoms with van der Waals surface area (Å²) in [5.74, 6) is 0. The molecule has 0 aliphatic rings. The summed E-state index contributed by atoms with van der Waals surface area (Å²) < 4.78 is 0. The van der Waals surface area contributed by atoms with E-state index in [0.717, 1.165) is 8.55 Å². The maximum absolute atomic E-state index is 2.40. The van der Waals surface area contributed by atoms with Crippen molar-refractivity contribution in [1.29, 1.82) is 0 Å². The van der Waals surface area contributed by atoms with Gasteiger partial charge >= 0.3 is 0 Å². The van der Waals surface area contributed by atoms with Gasteiger partial charge in [-0.25, -0.2) is 0 Å². The van der Waals surface area contributed by atoms with Gasteiger partial charge in [0.15, 0.2) is 0 Å². The van der Waals surface area contributed by atoms with E-state index in [0.29, 0.717) is 16.4 Å². The lowest BCUT2D eigenvalue weighted by Gasteiger charge is -1.98. The Hall–Kier alpha value is 1.08. The molecule has 0 rings (SSSR count). The van der Waals surface area contributed by atoms with Gasteiger partial charge in [0, 0.05) is 9.04 Å². The first-order valence-corrected chi connectivity index (χ1v) is 21.1. The molecule has 1 unspecified atom stereocenters. The lowest BCUT2D eigenvalue weighted by Crippen LogP contribution is -2.30. The van der Waals surface area contributed by atoms with Gasteiger partial charge in [-0.2, -0.15) is 0 Å². The summed E-state index contributed by atoms with van der Waals surface area (Å²) in [5.41, 5.74) is 0. The molecule has 0 nitrogen and oxygen atoms in total. The Morgan fingerprint density at radius 3 is 2.43 bits per heavy atom. The third-order valence-electron chi connectivity index (χ3n) is 1.48. The molecule has 0 radical (unpaired) electrons. The topological polar surface area (TPSA) is 0 Å².